The van der Waals surface area contributed by atoms with Gasteiger partial charge in [-0.05, 0) is 49.5 Å². The molecule has 4 heterocycles. The summed E-state index contributed by atoms with van der Waals surface area (Å²) in [4.78, 5) is 22.6. The summed E-state index contributed by atoms with van der Waals surface area (Å²) in [5.74, 6) is 1.95. The first kappa shape index (κ1) is 22.5. The molecule has 4 aromatic rings. The van der Waals surface area contributed by atoms with Gasteiger partial charge < -0.3 is 25.2 Å². The van der Waals surface area contributed by atoms with E-state index in [2.05, 4.69) is 53.5 Å². The van der Waals surface area contributed by atoms with Crippen LogP contribution in [0.1, 0.15) is 0 Å². The number of ether oxygens (including phenoxy) is 1. The van der Waals surface area contributed by atoms with Crippen molar-refractivity contribution in [2.45, 2.75) is 0 Å². The molecular weight excluding hydrogens is 440 g/mol. The van der Waals surface area contributed by atoms with Gasteiger partial charge in [0.05, 0.1) is 24.2 Å². The first-order valence-corrected chi connectivity index (χ1v) is 11.5. The average Bonchev–Trinajstić information content (AvgIpc) is 2.90. The Kier molecular flexibility index (Phi) is 6.67. The third-order valence-electron chi connectivity index (χ3n) is 5.91. The van der Waals surface area contributed by atoms with E-state index in [-0.39, 0.29) is 0 Å². The zero-order valence-electron chi connectivity index (χ0n) is 19.8. The summed E-state index contributed by atoms with van der Waals surface area (Å²) in [5.41, 5.74) is 4.31. The summed E-state index contributed by atoms with van der Waals surface area (Å²) in [6.07, 6.45) is 5.22. The highest BCUT2D eigenvalue weighted by atomic mass is 16.5. The van der Waals surface area contributed by atoms with Gasteiger partial charge in [-0.1, -0.05) is 6.07 Å². The maximum atomic E-state index is 5.70. The first-order valence-electron chi connectivity index (χ1n) is 11.5. The van der Waals surface area contributed by atoms with Gasteiger partial charge in [0, 0.05) is 56.5 Å². The lowest BCUT2D eigenvalue weighted by Crippen LogP contribution is -2.44. The van der Waals surface area contributed by atoms with Gasteiger partial charge in [-0.15, -0.1) is 0 Å². The lowest BCUT2D eigenvalue weighted by Gasteiger charge is -2.34. The van der Waals surface area contributed by atoms with Crippen molar-refractivity contribution in [2.24, 2.45) is 0 Å². The highest BCUT2D eigenvalue weighted by Gasteiger charge is 2.18. The Balaban J connectivity index is 1.33. The van der Waals surface area contributed by atoms with Gasteiger partial charge in [0.15, 0.2) is 0 Å². The third-order valence-corrected chi connectivity index (χ3v) is 5.91. The molecule has 9 heteroatoms. The van der Waals surface area contributed by atoms with Gasteiger partial charge in [-0.2, -0.15) is 4.98 Å². The van der Waals surface area contributed by atoms with Gasteiger partial charge in [-0.25, -0.2) is 4.98 Å². The minimum atomic E-state index is 0.479. The van der Waals surface area contributed by atoms with Crippen molar-refractivity contribution in [2.75, 3.05) is 55.9 Å². The van der Waals surface area contributed by atoms with Gasteiger partial charge in [0.1, 0.15) is 17.3 Å². The van der Waals surface area contributed by atoms with E-state index in [1.165, 1.54) is 0 Å². The van der Waals surface area contributed by atoms with E-state index in [0.717, 1.165) is 60.4 Å². The molecule has 5 rings (SSSR count). The SMILES string of the molecule is COc1cc(Nc2nccc(Nc3cccnc3-c3ccccn3)n2)ccc1N1CCN(C)CC1. The second-order valence-corrected chi connectivity index (χ2v) is 8.31. The predicted molar refractivity (Wildman–Crippen MR) is 139 cm³/mol. The quantitative estimate of drug-likeness (QED) is 0.414. The van der Waals surface area contributed by atoms with Crippen molar-refractivity contribution in [1.82, 2.24) is 24.8 Å². The molecule has 0 saturated carbocycles. The summed E-state index contributed by atoms with van der Waals surface area (Å²) in [5, 5.41) is 6.64. The fourth-order valence-electron chi connectivity index (χ4n) is 4.03. The minimum Gasteiger partial charge on any atom is -0.495 e. The molecule has 1 aliphatic heterocycles. The fourth-order valence-corrected chi connectivity index (χ4v) is 4.03. The molecule has 2 N–H and O–H groups in total. The van der Waals surface area contributed by atoms with Crippen molar-refractivity contribution >= 4 is 28.8 Å². The first-order chi connectivity index (χ1) is 17.2. The summed E-state index contributed by atoms with van der Waals surface area (Å²) in [6.45, 7) is 4.03. The molecule has 0 radical (unpaired) electrons. The molecule has 9 nitrogen and oxygen atoms in total. The van der Waals surface area contributed by atoms with Gasteiger partial charge in [-0.3, -0.25) is 9.97 Å². The van der Waals surface area contributed by atoms with Crippen molar-refractivity contribution in [1.29, 1.82) is 0 Å². The Morgan fingerprint density at radius 1 is 0.829 bits per heavy atom. The Morgan fingerprint density at radius 2 is 1.69 bits per heavy atom. The Labute approximate surface area is 204 Å². The number of likely N-dealkylation sites (N-methyl/N-ethyl adjacent to an activating group) is 1. The molecule has 0 amide bonds. The van der Waals surface area contributed by atoms with E-state index >= 15 is 0 Å². The maximum Gasteiger partial charge on any atom is 0.229 e. The molecule has 35 heavy (non-hydrogen) atoms. The largest absolute Gasteiger partial charge is 0.495 e. The lowest BCUT2D eigenvalue weighted by molar-refractivity contribution is 0.311. The van der Waals surface area contributed by atoms with E-state index in [4.69, 9.17) is 4.74 Å². The van der Waals surface area contributed by atoms with Crippen LogP contribution in [0.3, 0.4) is 0 Å². The number of hydrogen-bond donors (Lipinski definition) is 2. The highest BCUT2D eigenvalue weighted by molar-refractivity contribution is 5.75. The standard InChI is InChI=1S/C26H28N8O/c1-33-14-16-34(17-15-33)22-9-8-19(18-23(22)35-2)30-26-29-13-10-24(32-26)31-21-7-5-12-28-25(21)20-6-3-4-11-27-20/h3-13,18H,14-17H2,1-2H3,(H2,29,30,31,32). The zero-order chi connectivity index (χ0) is 24.0. The average molecular weight is 469 g/mol. The maximum absolute atomic E-state index is 5.70. The molecule has 1 fully saturated rings. The highest BCUT2D eigenvalue weighted by Crippen LogP contribution is 2.33. The Bertz CT molecular complexity index is 1280. The molecule has 3 aromatic heterocycles. The molecule has 0 aliphatic carbocycles. The molecule has 1 saturated heterocycles. The van der Waals surface area contributed by atoms with Gasteiger partial charge in [0.25, 0.3) is 0 Å². The number of benzene rings is 1. The number of methoxy groups -OCH3 is 1. The Morgan fingerprint density at radius 3 is 2.49 bits per heavy atom. The molecule has 178 valence electrons. The second kappa shape index (κ2) is 10.4. The number of aromatic nitrogens is 4. The van der Waals surface area contributed by atoms with Crippen LogP contribution in [0.5, 0.6) is 5.75 Å². The van der Waals surface area contributed by atoms with Crippen LogP contribution in [-0.2, 0) is 0 Å². The summed E-state index contributed by atoms with van der Waals surface area (Å²) in [7, 11) is 3.85. The van der Waals surface area contributed by atoms with Crippen LogP contribution < -0.4 is 20.3 Å². The minimum absolute atomic E-state index is 0.479. The number of hydrogen-bond acceptors (Lipinski definition) is 9. The number of anilines is 5. The van der Waals surface area contributed by atoms with Crippen molar-refractivity contribution in [3.8, 4) is 17.1 Å². The molecule has 1 aromatic carbocycles. The molecular formula is C26H28N8O. The predicted octanol–water partition coefficient (Wildman–Crippen LogP) is 4.18. The zero-order valence-corrected chi connectivity index (χ0v) is 19.8. The monoisotopic (exact) mass is 468 g/mol. The van der Waals surface area contributed by atoms with E-state index in [0.29, 0.717) is 11.8 Å². The van der Waals surface area contributed by atoms with Crippen LogP contribution in [0, 0.1) is 0 Å². The van der Waals surface area contributed by atoms with Gasteiger partial charge in [0.2, 0.25) is 5.95 Å². The topological polar surface area (TPSA) is 91.3 Å². The smallest absolute Gasteiger partial charge is 0.229 e. The van der Waals surface area contributed by atoms with E-state index in [9.17, 15) is 0 Å². The van der Waals surface area contributed by atoms with Gasteiger partial charge >= 0.3 is 0 Å². The summed E-state index contributed by atoms with van der Waals surface area (Å²) >= 11 is 0. The van der Waals surface area contributed by atoms with Crippen molar-refractivity contribution < 1.29 is 4.74 Å². The number of nitrogens with one attached hydrogen (secondary N) is 2. The van der Waals surface area contributed by atoms with Crippen LogP contribution in [0.4, 0.5) is 28.8 Å². The van der Waals surface area contributed by atoms with Crippen LogP contribution in [-0.4, -0.2) is 65.2 Å². The number of rotatable bonds is 7. The summed E-state index contributed by atoms with van der Waals surface area (Å²) < 4.78 is 5.70. The number of piperazine rings is 1. The molecule has 1 aliphatic rings. The normalized spacial score (nSPS) is 13.9. The van der Waals surface area contributed by atoms with Crippen LogP contribution >= 0.6 is 0 Å². The molecule has 0 spiro atoms. The molecule has 0 unspecified atom stereocenters. The van der Waals surface area contributed by atoms with Crippen LogP contribution in [0.15, 0.2) is 73.2 Å². The molecule has 0 atom stereocenters. The lowest BCUT2D eigenvalue weighted by atomic mass is 10.2. The fraction of sp³-hybridized carbons (Fsp3) is 0.231. The third kappa shape index (κ3) is 5.30. The number of pyridine rings is 2. The number of nitrogens with zero attached hydrogens (tertiary/aromatic N) is 6. The molecule has 0 bridgehead atoms. The van der Waals surface area contributed by atoms with E-state index in [1.54, 1.807) is 25.7 Å². The van der Waals surface area contributed by atoms with Crippen molar-refractivity contribution in [3.05, 3.63) is 73.2 Å². The Hall–Kier alpha value is -4.24. The van der Waals surface area contributed by atoms with Crippen molar-refractivity contribution in [3.63, 3.8) is 0 Å². The van der Waals surface area contributed by atoms with E-state index in [1.807, 2.05) is 48.5 Å². The summed E-state index contributed by atoms with van der Waals surface area (Å²) in [6, 6.07) is 17.5. The van der Waals surface area contributed by atoms with Crippen LogP contribution in [0.25, 0.3) is 11.4 Å². The second-order valence-electron chi connectivity index (χ2n) is 8.31. The van der Waals surface area contributed by atoms with Crippen LogP contribution in [0.2, 0.25) is 0 Å². The van der Waals surface area contributed by atoms with E-state index < -0.39 is 0 Å².